The van der Waals surface area contributed by atoms with E-state index < -0.39 is 0 Å². The van der Waals surface area contributed by atoms with Gasteiger partial charge in [0.2, 0.25) is 0 Å². The van der Waals surface area contributed by atoms with Crippen LogP contribution in [0.15, 0.2) is 0 Å². The summed E-state index contributed by atoms with van der Waals surface area (Å²) in [7, 11) is 2.14. The Labute approximate surface area is 96.4 Å². The van der Waals surface area contributed by atoms with Gasteiger partial charge in [0.1, 0.15) is 11.6 Å². The predicted molar refractivity (Wildman–Crippen MR) is 62.4 cm³/mol. The summed E-state index contributed by atoms with van der Waals surface area (Å²) >= 11 is 0. The molecule has 1 aromatic heterocycles. The fraction of sp³-hybridized carbons (Fsp3) is 0.833. The van der Waals surface area contributed by atoms with Crippen LogP contribution in [0.4, 0.5) is 0 Å². The van der Waals surface area contributed by atoms with Crippen molar-refractivity contribution in [2.45, 2.75) is 43.9 Å². The van der Waals surface area contributed by atoms with Crippen LogP contribution in [0.1, 0.15) is 55.6 Å². The zero-order valence-electron chi connectivity index (χ0n) is 9.95. The van der Waals surface area contributed by atoms with Crippen molar-refractivity contribution in [2.75, 3.05) is 13.1 Å². The van der Waals surface area contributed by atoms with Gasteiger partial charge in [0.25, 0.3) is 0 Å². The maximum atomic E-state index is 4.43. The fourth-order valence-corrected chi connectivity index (χ4v) is 2.81. The molecule has 1 N–H and O–H groups in total. The Morgan fingerprint density at radius 2 is 1.56 bits per heavy atom. The molecule has 0 unspecified atom stereocenters. The van der Waals surface area contributed by atoms with E-state index in [9.17, 15) is 0 Å². The van der Waals surface area contributed by atoms with Crippen molar-refractivity contribution in [1.29, 1.82) is 0 Å². The van der Waals surface area contributed by atoms with Crippen LogP contribution in [0.25, 0.3) is 0 Å². The van der Waals surface area contributed by atoms with Crippen LogP contribution in [-0.2, 0) is 7.05 Å². The Hall–Kier alpha value is -0.900. The summed E-state index contributed by atoms with van der Waals surface area (Å²) in [4.78, 5) is 0. The quantitative estimate of drug-likeness (QED) is 0.822. The second-order valence-corrected chi connectivity index (χ2v) is 5.13. The summed E-state index contributed by atoms with van der Waals surface area (Å²) in [5, 5.41) is 12.2. The van der Waals surface area contributed by atoms with Crippen molar-refractivity contribution < 1.29 is 0 Å². The van der Waals surface area contributed by atoms with Crippen LogP contribution in [0.5, 0.6) is 0 Å². The molecule has 1 aliphatic heterocycles. The first-order valence-corrected chi connectivity index (χ1v) is 6.46. The van der Waals surface area contributed by atoms with Crippen molar-refractivity contribution in [2.24, 2.45) is 7.05 Å². The molecule has 4 nitrogen and oxygen atoms in total. The molecular formula is C12H20N4. The van der Waals surface area contributed by atoms with Crippen LogP contribution < -0.4 is 5.32 Å². The summed E-state index contributed by atoms with van der Waals surface area (Å²) in [5.74, 6) is 3.74. The van der Waals surface area contributed by atoms with Crippen molar-refractivity contribution in [3.63, 3.8) is 0 Å². The molecule has 1 aliphatic carbocycles. The number of aromatic nitrogens is 3. The van der Waals surface area contributed by atoms with Gasteiger partial charge in [0, 0.05) is 18.9 Å². The minimum Gasteiger partial charge on any atom is -0.318 e. The van der Waals surface area contributed by atoms with E-state index in [4.69, 9.17) is 0 Å². The van der Waals surface area contributed by atoms with Crippen LogP contribution in [-0.4, -0.2) is 27.9 Å². The second kappa shape index (κ2) is 4.17. The molecule has 0 atom stereocenters. The maximum absolute atomic E-state index is 4.43. The van der Waals surface area contributed by atoms with Gasteiger partial charge in [-0.2, -0.15) is 0 Å². The maximum Gasteiger partial charge on any atom is 0.135 e. The summed E-state index contributed by atoms with van der Waals surface area (Å²) in [6.07, 6.45) is 6.38. The van der Waals surface area contributed by atoms with Gasteiger partial charge in [-0.1, -0.05) is 6.42 Å². The normalized spacial score (nSPS) is 23.3. The monoisotopic (exact) mass is 220 g/mol. The van der Waals surface area contributed by atoms with E-state index in [1.54, 1.807) is 0 Å². The topological polar surface area (TPSA) is 42.7 Å². The molecule has 1 saturated carbocycles. The lowest BCUT2D eigenvalue weighted by molar-refractivity contribution is 0.386. The Morgan fingerprint density at radius 3 is 2.06 bits per heavy atom. The first-order chi connectivity index (χ1) is 7.86. The lowest BCUT2D eigenvalue weighted by Crippen LogP contribution is -2.28. The SMILES string of the molecule is Cn1c(C2CCC2)nnc1C1CCNCC1. The van der Waals surface area contributed by atoms with Gasteiger partial charge in [-0.3, -0.25) is 0 Å². The highest BCUT2D eigenvalue weighted by molar-refractivity contribution is 5.08. The molecule has 88 valence electrons. The summed E-state index contributed by atoms with van der Waals surface area (Å²) in [5.41, 5.74) is 0. The number of nitrogens with one attached hydrogen (secondary N) is 1. The number of nitrogens with zero attached hydrogens (tertiary/aromatic N) is 3. The number of rotatable bonds is 2. The molecule has 0 aromatic carbocycles. The molecule has 0 radical (unpaired) electrons. The average Bonchev–Trinajstić information content (AvgIpc) is 2.60. The third-order valence-corrected chi connectivity index (χ3v) is 4.12. The van der Waals surface area contributed by atoms with Crippen LogP contribution in [0.3, 0.4) is 0 Å². The van der Waals surface area contributed by atoms with Crippen LogP contribution >= 0.6 is 0 Å². The number of piperidine rings is 1. The summed E-state index contributed by atoms with van der Waals surface area (Å²) in [6.45, 7) is 2.24. The highest BCUT2D eigenvalue weighted by Gasteiger charge is 2.27. The summed E-state index contributed by atoms with van der Waals surface area (Å²) < 4.78 is 2.26. The standard InChI is InChI=1S/C12H20N4/c1-16-11(9-3-2-4-9)14-15-12(16)10-5-7-13-8-6-10/h9-10,13H,2-8H2,1H3. The Morgan fingerprint density at radius 1 is 1.00 bits per heavy atom. The Bertz CT molecular complexity index is 361. The largest absolute Gasteiger partial charge is 0.318 e. The van der Waals surface area contributed by atoms with E-state index in [1.807, 2.05) is 0 Å². The highest BCUT2D eigenvalue weighted by atomic mass is 15.3. The van der Waals surface area contributed by atoms with Crippen LogP contribution in [0, 0.1) is 0 Å². The minimum atomic E-state index is 0.618. The smallest absolute Gasteiger partial charge is 0.135 e. The fourth-order valence-electron chi connectivity index (χ4n) is 2.81. The van der Waals surface area contributed by atoms with E-state index in [2.05, 4.69) is 27.1 Å². The molecular weight excluding hydrogens is 200 g/mol. The number of hydrogen-bond donors (Lipinski definition) is 1. The average molecular weight is 220 g/mol. The molecule has 4 heteroatoms. The van der Waals surface area contributed by atoms with Gasteiger partial charge in [-0.25, -0.2) is 0 Å². The molecule has 0 bridgehead atoms. The van der Waals surface area contributed by atoms with Crippen molar-refractivity contribution >= 4 is 0 Å². The summed E-state index contributed by atoms with van der Waals surface area (Å²) in [6, 6.07) is 0. The molecule has 16 heavy (non-hydrogen) atoms. The molecule has 0 spiro atoms. The van der Waals surface area contributed by atoms with E-state index in [0.717, 1.165) is 13.1 Å². The number of hydrogen-bond acceptors (Lipinski definition) is 3. The Kier molecular flexibility index (Phi) is 2.67. The lowest BCUT2D eigenvalue weighted by Gasteiger charge is -2.25. The van der Waals surface area contributed by atoms with Gasteiger partial charge in [-0.05, 0) is 38.8 Å². The van der Waals surface area contributed by atoms with Gasteiger partial charge in [0.05, 0.1) is 0 Å². The first kappa shape index (κ1) is 10.3. The van der Waals surface area contributed by atoms with E-state index >= 15 is 0 Å². The van der Waals surface area contributed by atoms with Crippen molar-refractivity contribution in [3.05, 3.63) is 11.6 Å². The molecule has 1 aromatic rings. The van der Waals surface area contributed by atoms with E-state index in [-0.39, 0.29) is 0 Å². The van der Waals surface area contributed by atoms with Gasteiger partial charge in [0.15, 0.2) is 0 Å². The predicted octanol–water partition coefficient (Wildman–Crippen LogP) is 1.55. The molecule has 3 rings (SSSR count). The van der Waals surface area contributed by atoms with Gasteiger partial charge < -0.3 is 9.88 Å². The third-order valence-electron chi connectivity index (χ3n) is 4.12. The van der Waals surface area contributed by atoms with E-state index in [1.165, 1.54) is 43.8 Å². The molecule has 2 aliphatic rings. The van der Waals surface area contributed by atoms with Crippen molar-refractivity contribution in [3.8, 4) is 0 Å². The zero-order valence-corrected chi connectivity index (χ0v) is 9.95. The van der Waals surface area contributed by atoms with Gasteiger partial charge in [-0.15, -0.1) is 10.2 Å². The first-order valence-electron chi connectivity index (χ1n) is 6.46. The van der Waals surface area contributed by atoms with E-state index in [0.29, 0.717) is 11.8 Å². The lowest BCUT2D eigenvalue weighted by atomic mass is 9.85. The Balaban J connectivity index is 1.81. The highest BCUT2D eigenvalue weighted by Crippen LogP contribution is 2.36. The van der Waals surface area contributed by atoms with Crippen molar-refractivity contribution in [1.82, 2.24) is 20.1 Å². The zero-order chi connectivity index (χ0) is 11.0. The minimum absolute atomic E-state index is 0.618. The van der Waals surface area contributed by atoms with Crippen LogP contribution in [0.2, 0.25) is 0 Å². The molecule has 2 fully saturated rings. The molecule has 0 amide bonds. The second-order valence-electron chi connectivity index (χ2n) is 5.13. The molecule has 1 saturated heterocycles. The third kappa shape index (κ3) is 1.65. The van der Waals surface area contributed by atoms with Gasteiger partial charge >= 0.3 is 0 Å². The molecule has 2 heterocycles.